The Balaban J connectivity index is 1.64. The van der Waals surface area contributed by atoms with Crippen molar-refractivity contribution in [3.63, 3.8) is 0 Å². The molecule has 1 unspecified atom stereocenters. The SMILES string of the molecule is Cc1cc(C(=O)N2CCCC2CC2CCCCC2)no1. The van der Waals surface area contributed by atoms with E-state index in [2.05, 4.69) is 5.16 Å². The van der Waals surface area contributed by atoms with Gasteiger partial charge in [0, 0.05) is 18.7 Å². The van der Waals surface area contributed by atoms with E-state index < -0.39 is 0 Å². The van der Waals surface area contributed by atoms with Crippen LogP contribution >= 0.6 is 0 Å². The molecule has 0 radical (unpaired) electrons. The van der Waals surface area contributed by atoms with Crippen molar-refractivity contribution in [2.45, 2.75) is 64.3 Å². The molecule has 4 nitrogen and oxygen atoms in total. The topological polar surface area (TPSA) is 46.3 Å². The Kier molecular flexibility index (Phi) is 4.08. The number of hydrogen-bond donors (Lipinski definition) is 0. The Morgan fingerprint density at radius 1 is 1.30 bits per heavy atom. The molecule has 1 atom stereocenters. The van der Waals surface area contributed by atoms with Crippen molar-refractivity contribution < 1.29 is 9.32 Å². The molecule has 4 heteroatoms. The van der Waals surface area contributed by atoms with Crippen LogP contribution in [0.15, 0.2) is 10.6 Å². The highest BCUT2D eigenvalue weighted by molar-refractivity contribution is 5.92. The van der Waals surface area contributed by atoms with Gasteiger partial charge >= 0.3 is 0 Å². The zero-order chi connectivity index (χ0) is 13.9. The second kappa shape index (κ2) is 5.98. The lowest BCUT2D eigenvalue weighted by Gasteiger charge is -2.29. The maximum Gasteiger partial charge on any atom is 0.276 e. The molecule has 1 amide bonds. The minimum Gasteiger partial charge on any atom is -0.361 e. The molecule has 20 heavy (non-hydrogen) atoms. The van der Waals surface area contributed by atoms with Gasteiger partial charge in [-0.2, -0.15) is 0 Å². The fourth-order valence-corrected chi connectivity index (χ4v) is 3.77. The van der Waals surface area contributed by atoms with E-state index in [1.54, 1.807) is 6.07 Å². The first kappa shape index (κ1) is 13.7. The number of carbonyl (C=O) groups excluding carboxylic acids is 1. The standard InChI is InChI=1S/C16H24N2O2/c1-12-10-15(17-20-12)16(19)18-9-5-8-14(18)11-13-6-3-2-4-7-13/h10,13-14H,2-9,11H2,1H3. The first-order valence-corrected chi connectivity index (χ1v) is 7.98. The molecule has 2 heterocycles. The lowest BCUT2D eigenvalue weighted by Crippen LogP contribution is -2.37. The molecule has 3 rings (SSSR count). The molecule has 1 aromatic heterocycles. The first-order chi connectivity index (χ1) is 9.74. The molecule has 110 valence electrons. The molecule has 1 saturated heterocycles. The Bertz CT molecular complexity index is 463. The van der Waals surface area contributed by atoms with Crippen molar-refractivity contribution in [2.75, 3.05) is 6.54 Å². The quantitative estimate of drug-likeness (QED) is 0.848. The number of aromatic nitrogens is 1. The lowest BCUT2D eigenvalue weighted by atomic mass is 9.84. The molecule has 0 spiro atoms. The summed E-state index contributed by atoms with van der Waals surface area (Å²) in [4.78, 5) is 14.5. The number of nitrogens with zero attached hydrogens (tertiary/aromatic N) is 2. The zero-order valence-electron chi connectivity index (χ0n) is 12.3. The van der Waals surface area contributed by atoms with Crippen LogP contribution in [-0.2, 0) is 0 Å². The van der Waals surface area contributed by atoms with Gasteiger partial charge in [0.05, 0.1) is 0 Å². The van der Waals surface area contributed by atoms with E-state index in [0.717, 1.165) is 25.3 Å². The summed E-state index contributed by atoms with van der Waals surface area (Å²) in [6.07, 6.45) is 10.3. The van der Waals surface area contributed by atoms with Crippen molar-refractivity contribution in [1.29, 1.82) is 0 Å². The predicted octanol–water partition coefficient (Wildman–Crippen LogP) is 3.56. The molecule has 0 bridgehead atoms. The van der Waals surface area contributed by atoms with E-state index >= 15 is 0 Å². The largest absolute Gasteiger partial charge is 0.361 e. The predicted molar refractivity (Wildman–Crippen MR) is 76.5 cm³/mol. The minimum atomic E-state index is 0.0557. The normalized spacial score (nSPS) is 24.2. The Hall–Kier alpha value is -1.32. The van der Waals surface area contributed by atoms with Gasteiger partial charge in [-0.25, -0.2) is 0 Å². The summed E-state index contributed by atoms with van der Waals surface area (Å²) >= 11 is 0. The number of hydrogen-bond acceptors (Lipinski definition) is 3. The minimum absolute atomic E-state index is 0.0557. The monoisotopic (exact) mass is 276 g/mol. The average Bonchev–Trinajstić information content (AvgIpc) is 3.08. The van der Waals surface area contributed by atoms with Crippen LogP contribution in [0.4, 0.5) is 0 Å². The summed E-state index contributed by atoms with van der Waals surface area (Å²) in [6, 6.07) is 2.17. The molecular formula is C16H24N2O2. The molecule has 1 aliphatic heterocycles. The molecule has 2 fully saturated rings. The Morgan fingerprint density at radius 3 is 2.80 bits per heavy atom. The second-order valence-corrected chi connectivity index (χ2v) is 6.36. The van der Waals surface area contributed by atoms with Gasteiger partial charge in [0.15, 0.2) is 5.69 Å². The molecule has 1 saturated carbocycles. The van der Waals surface area contributed by atoms with Crippen LogP contribution in [-0.4, -0.2) is 28.6 Å². The van der Waals surface area contributed by atoms with Gasteiger partial charge in [-0.05, 0) is 32.1 Å². The highest BCUT2D eigenvalue weighted by Gasteiger charge is 2.32. The van der Waals surface area contributed by atoms with Gasteiger partial charge in [-0.15, -0.1) is 0 Å². The molecule has 2 aliphatic rings. The fraction of sp³-hybridized carbons (Fsp3) is 0.750. The van der Waals surface area contributed by atoms with Gasteiger partial charge in [0.2, 0.25) is 0 Å². The number of amides is 1. The highest BCUT2D eigenvalue weighted by atomic mass is 16.5. The van der Waals surface area contributed by atoms with Crippen molar-refractivity contribution >= 4 is 5.91 Å². The van der Waals surface area contributed by atoms with Gasteiger partial charge < -0.3 is 9.42 Å². The smallest absolute Gasteiger partial charge is 0.276 e. The molecule has 0 N–H and O–H groups in total. The Morgan fingerprint density at radius 2 is 2.10 bits per heavy atom. The summed E-state index contributed by atoms with van der Waals surface area (Å²) in [7, 11) is 0. The summed E-state index contributed by atoms with van der Waals surface area (Å²) < 4.78 is 5.03. The summed E-state index contributed by atoms with van der Waals surface area (Å²) in [5.41, 5.74) is 0.470. The third-order valence-electron chi connectivity index (χ3n) is 4.82. The maximum atomic E-state index is 12.5. The van der Waals surface area contributed by atoms with Crippen LogP contribution in [0.5, 0.6) is 0 Å². The van der Waals surface area contributed by atoms with E-state index in [9.17, 15) is 4.79 Å². The highest BCUT2D eigenvalue weighted by Crippen LogP contribution is 2.32. The van der Waals surface area contributed by atoms with Gasteiger partial charge in [-0.3, -0.25) is 4.79 Å². The van der Waals surface area contributed by atoms with Gasteiger partial charge in [-0.1, -0.05) is 37.3 Å². The Labute approximate surface area is 120 Å². The average molecular weight is 276 g/mol. The first-order valence-electron chi connectivity index (χ1n) is 7.98. The van der Waals surface area contributed by atoms with Crippen LogP contribution in [0.2, 0.25) is 0 Å². The molecule has 0 aromatic carbocycles. The summed E-state index contributed by atoms with van der Waals surface area (Å²) in [5, 5.41) is 3.88. The van der Waals surface area contributed by atoms with E-state index in [1.807, 2.05) is 11.8 Å². The second-order valence-electron chi connectivity index (χ2n) is 6.36. The van der Waals surface area contributed by atoms with Crippen LogP contribution in [0.25, 0.3) is 0 Å². The van der Waals surface area contributed by atoms with Crippen molar-refractivity contribution in [3.8, 4) is 0 Å². The van der Waals surface area contributed by atoms with Crippen molar-refractivity contribution in [1.82, 2.24) is 10.1 Å². The van der Waals surface area contributed by atoms with E-state index in [1.165, 1.54) is 38.5 Å². The number of likely N-dealkylation sites (tertiary alicyclic amines) is 1. The number of rotatable bonds is 3. The third kappa shape index (κ3) is 2.89. The van der Waals surface area contributed by atoms with Crippen LogP contribution in [0.3, 0.4) is 0 Å². The van der Waals surface area contributed by atoms with E-state index in [0.29, 0.717) is 17.5 Å². The maximum absolute atomic E-state index is 12.5. The van der Waals surface area contributed by atoms with Crippen molar-refractivity contribution in [2.24, 2.45) is 5.92 Å². The lowest BCUT2D eigenvalue weighted by molar-refractivity contribution is 0.0701. The summed E-state index contributed by atoms with van der Waals surface area (Å²) in [5.74, 6) is 1.58. The molecule has 1 aromatic rings. The summed E-state index contributed by atoms with van der Waals surface area (Å²) in [6.45, 7) is 2.70. The number of carbonyl (C=O) groups is 1. The van der Waals surface area contributed by atoms with Crippen LogP contribution < -0.4 is 0 Å². The zero-order valence-corrected chi connectivity index (χ0v) is 12.3. The van der Waals surface area contributed by atoms with E-state index in [-0.39, 0.29) is 5.91 Å². The van der Waals surface area contributed by atoms with Gasteiger partial charge in [0.1, 0.15) is 5.76 Å². The van der Waals surface area contributed by atoms with Gasteiger partial charge in [0.25, 0.3) is 5.91 Å². The molecular weight excluding hydrogens is 252 g/mol. The third-order valence-corrected chi connectivity index (χ3v) is 4.82. The number of aryl methyl sites for hydroxylation is 1. The fourth-order valence-electron chi connectivity index (χ4n) is 3.77. The van der Waals surface area contributed by atoms with E-state index in [4.69, 9.17) is 4.52 Å². The molecule has 1 aliphatic carbocycles. The van der Waals surface area contributed by atoms with Crippen LogP contribution in [0.1, 0.15) is 67.6 Å². The van der Waals surface area contributed by atoms with Crippen LogP contribution in [0, 0.1) is 12.8 Å². The van der Waals surface area contributed by atoms with Crippen molar-refractivity contribution in [3.05, 3.63) is 17.5 Å².